The Kier molecular flexibility index (Phi) is 5.41. The summed E-state index contributed by atoms with van der Waals surface area (Å²) in [6, 6.07) is 11.2. The normalized spacial score (nSPS) is 11.5. The molecule has 27 heavy (non-hydrogen) atoms. The predicted octanol–water partition coefficient (Wildman–Crippen LogP) is 3.96. The van der Waals surface area contributed by atoms with Crippen molar-refractivity contribution in [3.63, 3.8) is 0 Å². The highest BCUT2D eigenvalue weighted by atomic mass is 32.1. The van der Waals surface area contributed by atoms with Crippen LogP contribution in [0.4, 0.5) is 4.39 Å². The van der Waals surface area contributed by atoms with Crippen molar-refractivity contribution < 1.29 is 18.7 Å². The molecule has 1 aromatic heterocycles. The number of aryl methyl sites for hydroxylation is 1. The summed E-state index contributed by atoms with van der Waals surface area (Å²) in [7, 11) is 4.88. The fourth-order valence-electron chi connectivity index (χ4n) is 2.77. The molecule has 2 aromatic carbocycles. The third-order valence-electron chi connectivity index (χ3n) is 4.11. The van der Waals surface area contributed by atoms with Crippen molar-refractivity contribution in [3.05, 3.63) is 63.5 Å². The van der Waals surface area contributed by atoms with E-state index in [1.807, 2.05) is 18.5 Å². The van der Waals surface area contributed by atoms with E-state index in [1.165, 1.54) is 37.7 Å². The number of thiazole rings is 1. The van der Waals surface area contributed by atoms with Crippen LogP contribution in [0, 0.1) is 12.7 Å². The van der Waals surface area contributed by atoms with Crippen LogP contribution < -0.4 is 14.3 Å². The van der Waals surface area contributed by atoms with E-state index in [4.69, 9.17) is 9.47 Å². The Balaban J connectivity index is 2.04. The maximum atomic E-state index is 13.2. The van der Waals surface area contributed by atoms with Gasteiger partial charge in [0.2, 0.25) is 0 Å². The number of aromatic nitrogens is 1. The Morgan fingerprint density at radius 1 is 1.07 bits per heavy atom. The second-order valence-electron chi connectivity index (χ2n) is 5.87. The molecule has 0 fully saturated rings. The third-order valence-corrected chi connectivity index (χ3v) is 5.16. The molecule has 3 aromatic rings. The van der Waals surface area contributed by atoms with E-state index in [9.17, 15) is 9.18 Å². The Morgan fingerprint density at radius 3 is 2.22 bits per heavy atom. The van der Waals surface area contributed by atoms with E-state index >= 15 is 0 Å². The average Bonchev–Trinajstić information content (AvgIpc) is 2.95. The number of methoxy groups -OCH3 is 2. The van der Waals surface area contributed by atoms with Crippen LogP contribution in [0.1, 0.15) is 15.2 Å². The van der Waals surface area contributed by atoms with Crippen LogP contribution in [0.5, 0.6) is 11.5 Å². The van der Waals surface area contributed by atoms with Gasteiger partial charge in [0.05, 0.1) is 19.9 Å². The number of hydrogen-bond donors (Lipinski definition) is 0. The van der Waals surface area contributed by atoms with Gasteiger partial charge in [-0.1, -0.05) is 0 Å². The molecule has 0 spiro atoms. The summed E-state index contributed by atoms with van der Waals surface area (Å²) in [5.41, 5.74) is 2.14. The van der Waals surface area contributed by atoms with Gasteiger partial charge >= 0.3 is 0 Å². The number of ether oxygens (including phenoxy) is 2. The SMILES string of the molecule is COc1cc(OC)cc(C(=O)N=c2sc(C)c(-c3ccc(F)cc3)n2C)c1. The molecule has 0 N–H and O–H groups in total. The maximum Gasteiger partial charge on any atom is 0.279 e. The summed E-state index contributed by atoms with van der Waals surface area (Å²) in [6.45, 7) is 1.95. The van der Waals surface area contributed by atoms with Crippen LogP contribution in [0.3, 0.4) is 0 Å². The van der Waals surface area contributed by atoms with Gasteiger partial charge in [0.25, 0.3) is 5.91 Å². The lowest BCUT2D eigenvalue weighted by Gasteiger charge is -2.06. The minimum absolute atomic E-state index is 0.290. The number of nitrogens with zero attached hydrogens (tertiary/aromatic N) is 2. The Hall–Kier alpha value is -2.93. The number of halogens is 1. The lowest BCUT2D eigenvalue weighted by Crippen LogP contribution is -2.14. The van der Waals surface area contributed by atoms with Gasteiger partial charge in [-0.05, 0) is 48.9 Å². The fraction of sp³-hybridized carbons (Fsp3) is 0.200. The Bertz CT molecular complexity index is 1030. The van der Waals surface area contributed by atoms with Gasteiger partial charge in [0.15, 0.2) is 4.80 Å². The molecule has 0 saturated heterocycles. The summed E-state index contributed by atoms with van der Waals surface area (Å²) < 4.78 is 25.5. The Morgan fingerprint density at radius 2 is 1.67 bits per heavy atom. The molecule has 0 aliphatic heterocycles. The highest BCUT2D eigenvalue weighted by Gasteiger charge is 2.13. The minimum atomic E-state index is -0.394. The third kappa shape index (κ3) is 3.93. The molecule has 0 atom stereocenters. The zero-order valence-electron chi connectivity index (χ0n) is 15.4. The summed E-state index contributed by atoms with van der Waals surface area (Å²) in [6.07, 6.45) is 0. The van der Waals surface area contributed by atoms with Crippen molar-refractivity contribution in [1.82, 2.24) is 4.57 Å². The Labute approximate surface area is 160 Å². The number of rotatable bonds is 4. The molecule has 3 rings (SSSR count). The summed E-state index contributed by atoms with van der Waals surface area (Å²) in [5, 5.41) is 0. The van der Waals surface area contributed by atoms with Crippen LogP contribution >= 0.6 is 11.3 Å². The van der Waals surface area contributed by atoms with E-state index in [-0.39, 0.29) is 5.82 Å². The molecular formula is C20H19FN2O3S. The molecule has 0 saturated carbocycles. The number of benzene rings is 2. The summed E-state index contributed by atoms with van der Waals surface area (Å²) in [4.78, 5) is 18.5. The van der Waals surface area contributed by atoms with E-state index in [2.05, 4.69) is 4.99 Å². The van der Waals surface area contributed by atoms with Crippen LogP contribution in [0.15, 0.2) is 47.5 Å². The lowest BCUT2D eigenvalue weighted by atomic mass is 10.1. The second kappa shape index (κ2) is 7.75. The van der Waals surface area contributed by atoms with Crippen LogP contribution in [-0.2, 0) is 7.05 Å². The maximum absolute atomic E-state index is 13.2. The lowest BCUT2D eigenvalue weighted by molar-refractivity contribution is 0.0997. The molecule has 0 bridgehead atoms. The van der Waals surface area contributed by atoms with E-state index < -0.39 is 5.91 Å². The standard InChI is InChI=1S/C20H19FN2O3S/c1-12-18(13-5-7-15(21)8-6-13)23(2)20(27-12)22-19(24)14-9-16(25-3)11-17(10-14)26-4/h5-11H,1-4H3. The predicted molar refractivity (Wildman–Crippen MR) is 103 cm³/mol. The van der Waals surface area contributed by atoms with Crippen molar-refractivity contribution >= 4 is 17.2 Å². The number of hydrogen-bond acceptors (Lipinski definition) is 4. The van der Waals surface area contributed by atoms with Crippen molar-refractivity contribution in [3.8, 4) is 22.8 Å². The second-order valence-corrected chi connectivity index (χ2v) is 7.06. The molecule has 5 nitrogen and oxygen atoms in total. The van der Waals surface area contributed by atoms with Crippen LogP contribution in [0.25, 0.3) is 11.3 Å². The quantitative estimate of drug-likeness (QED) is 0.682. The molecule has 0 radical (unpaired) electrons. The van der Waals surface area contributed by atoms with Gasteiger partial charge in [-0.25, -0.2) is 4.39 Å². The van der Waals surface area contributed by atoms with E-state index in [0.717, 1.165) is 16.1 Å². The first kappa shape index (κ1) is 18.8. The summed E-state index contributed by atoms with van der Waals surface area (Å²) in [5.74, 6) is 0.356. The van der Waals surface area contributed by atoms with Crippen LogP contribution in [-0.4, -0.2) is 24.7 Å². The zero-order chi connectivity index (χ0) is 19.6. The summed E-state index contributed by atoms with van der Waals surface area (Å²) >= 11 is 1.40. The zero-order valence-corrected chi connectivity index (χ0v) is 16.3. The average molecular weight is 386 g/mol. The largest absolute Gasteiger partial charge is 0.497 e. The van der Waals surface area contributed by atoms with Gasteiger partial charge in [-0.2, -0.15) is 4.99 Å². The fourth-order valence-corrected chi connectivity index (χ4v) is 3.75. The van der Waals surface area contributed by atoms with Gasteiger partial charge in [-0.15, -0.1) is 11.3 Å². The van der Waals surface area contributed by atoms with Gasteiger partial charge in [-0.3, -0.25) is 4.79 Å². The first-order valence-corrected chi connectivity index (χ1v) is 8.99. The first-order chi connectivity index (χ1) is 12.9. The number of amides is 1. The highest BCUT2D eigenvalue weighted by Crippen LogP contribution is 2.25. The van der Waals surface area contributed by atoms with Gasteiger partial charge in [0.1, 0.15) is 17.3 Å². The molecule has 1 amide bonds. The van der Waals surface area contributed by atoms with Gasteiger partial charge < -0.3 is 14.0 Å². The van der Waals surface area contributed by atoms with Crippen molar-refractivity contribution in [2.45, 2.75) is 6.92 Å². The van der Waals surface area contributed by atoms with E-state index in [0.29, 0.717) is 21.9 Å². The molecule has 1 heterocycles. The smallest absolute Gasteiger partial charge is 0.279 e. The molecule has 7 heteroatoms. The molecular weight excluding hydrogens is 367 g/mol. The molecule has 0 unspecified atom stereocenters. The van der Waals surface area contributed by atoms with Crippen molar-refractivity contribution in [1.29, 1.82) is 0 Å². The minimum Gasteiger partial charge on any atom is -0.497 e. The highest BCUT2D eigenvalue weighted by molar-refractivity contribution is 7.09. The molecule has 140 valence electrons. The molecule has 0 aliphatic rings. The van der Waals surface area contributed by atoms with Crippen LogP contribution in [0.2, 0.25) is 0 Å². The van der Waals surface area contributed by atoms with Crippen molar-refractivity contribution in [2.24, 2.45) is 12.0 Å². The monoisotopic (exact) mass is 386 g/mol. The van der Waals surface area contributed by atoms with E-state index in [1.54, 1.807) is 30.3 Å². The molecule has 0 aliphatic carbocycles. The van der Waals surface area contributed by atoms with Gasteiger partial charge in [0, 0.05) is 23.6 Å². The first-order valence-electron chi connectivity index (χ1n) is 8.17. The number of carbonyl (C=O) groups excluding carboxylic acids is 1. The van der Waals surface area contributed by atoms with Crippen molar-refractivity contribution in [2.75, 3.05) is 14.2 Å². The number of carbonyl (C=O) groups is 1. The topological polar surface area (TPSA) is 52.8 Å².